The first-order chi connectivity index (χ1) is 9.07. The van der Waals surface area contributed by atoms with E-state index in [1.807, 2.05) is 6.92 Å². The van der Waals surface area contributed by atoms with Crippen LogP contribution in [-0.4, -0.2) is 62.8 Å². The summed E-state index contributed by atoms with van der Waals surface area (Å²) in [6.45, 7) is 7.07. The molecule has 0 unspecified atom stereocenters. The van der Waals surface area contributed by atoms with Crippen molar-refractivity contribution in [1.82, 2.24) is 15.5 Å². The monoisotopic (exact) mass is 269 g/mol. The minimum absolute atomic E-state index is 0.0149. The predicted octanol–water partition coefficient (Wildman–Crippen LogP) is 0.213. The topological polar surface area (TPSA) is 53.6 Å². The molecule has 0 aromatic rings. The van der Waals surface area contributed by atoms with Crippen molar-refractivity contribution in [1.29, 1.82) is 0 Å². The van der Waals surface area contributed by atoms with Crippen molar-refractivity contribution in [2.45, 2.75) is 31.8 Å². The number of rotatable bonds is 6. The Morgan fingerprint density at radius 3 is 2.68 bits per heavy atom. The summed E-state index contributed by atoms with van der Waals surface area (Å²) in [4.78, 5) is 14.0. The number of hydrogen-bond acceptors (Lipinski definition) is 4. The molecule has 0 radical (unpaired) electrons. The van der Waals surface area contributed by atoms with Gasteiger partial charge in [-0.05, 0) is 52.2 Å². The van der Waals surface area contributed by atoms with E-state index in [4.69, 9.17) is 4.74 Å². The molecule has 2 N–H and O–H groups in total. The number of amides is 1. The van der Waals surface area contributed by atoms with Gasteiger partial charge in [-0.15, -0.1) is 0 Å². The maximum atomic E-state index is 11.7. The SMILES string of the molecule is CN1CCC(CCNC(=O)COC2(C)CNC2)CC1. The fourth-order valence-electron chi connectivity index (χ4n) is 2.64. The zero-order valence-corrected chi connectivity index (χ0v) is 12.2. The van der Waals surface area contributed by atoms with Crippen molar-refractivity contribution in [2.75, 3.05) is 46.4 Å². The highest BCUT2D eigenvalue weighted by molar-refractivity contribution is 5.77. The number of likely N-dealkylation sites (tertiary alicyclic amines) is 1. The summed E-state index contributed by atoms with van der Waals surface area (Å²) in [5, 5.41) is 6.12. The van der Waals surface area contributed by atoms with Gasteiger partial charge in [0.2, 0.25) is 5.91 Å². The molecule has 19 heavy (non-hydrogen) atoms. The molecule has 5 nitrogen and oxygen atoms in total. The van der Waals surface area contributed by atoms with Crippen molar-refractivity contribution >= 4 is 5.91 Å². The van der Waals surface area contributed by atoms with E-state index in [0.717, 1.165) is 32.0 Å². The molecule has 0 aliphatic carbocycles. The summed E-state index contributed by atoms with van der Waals surface area (Å²) in [6.07, 6.45) is 3.61. The van der Waals surface area contributed by atoms with Gasteiger partial charge < -0.3 is 20.3 Å². The maximum Gasteiger partial charge on any atom is 0.246 e. The van der Waals surface area contributed by atoms with E-state index in [1.165, 1.54) is 25.9 Å². The third-order valence-electron chi connectivity index (χ3n) is 4.26. The van der Waals surface area contributed by atoms with Crippen molar-refractivity contribution in [2.24, 2.45) is 5.92 Å². The van der Waals surface area contributed by atoms with Crippen LogP contribution in [-0.2, 0) is 9.53 Å². The van der Waals surface area contributed by atoms with Crippen LogP contribution in [0, 0.1) is 5.92 Å². The van der Waals surface area contributed by atoms with Crippen molar-refractivity contribution in [3.63, 3.8) is 0 Å². The van der Waals surface area contributed by atoms with Gasteiger partial charge >= 0.3 is 0 Å². The van der Waals surface area contributed by atoms with Crippen LogP contribution in [0.25, 0.3) is 0 Å². The number of nitrogens with one attached hydrogen (secondary N) is 2. The van der Waals surface area contributed by atoms with Crippen LogP contribution in [0.4, 0.5) is 0 Å². The molecule has 110 valence electrons. The first kappa shape index (κ1) is 14.8. The Kier molecular flexibility index (Phi) is 5.19. The Morgan fingerprint density at radius 1 is 1.42 bits per heavy atom. The molecule has 0 aromatic carbocycles. The second-order valence-corrected chi connectivity index (χ2v) is 6.23. The van der Waals surface area contributed by atoms with Crippen LogP contribution in [0.15, 0.2) is 0 Å². The molecule has 5 heteroatoms. The highest BCUT2D eigenvalue weighted by Crippen LogP contribution is 2.18. The molecule has 2 aliphatic heterocycles. The normalized spacial score (nSPS) is 23.9. The average molecular weight is 269 g/mol. The summed E-state index contributed by atoms with van der Waals surface area (Å²) in [5.41, 5.74) is -0.134. The van der Waals surface area contributed by atoms with Gasteiger partial charge in [0.15, 0.2) is 0 Å². The van der Waals surface area contributed by atoms with Crippen LogP contribution in [0.3, 0.4) is 0 Å². The largest absolute Gasteiger partial charge is 0.363 e. The quantitative estimate of drug-likeness (QED) is 0.724. The fourth-order valence-corrected chi connectivity index (χ4v) is 2.64. The van der Waals surface area contributed by atoms with E-state index in [1.54, 1.807) is 0 Å². The molecule has 2 heterocycles. The van der Waals surface area contributed by atoms with E-state index in [9.17, 15) is 4.79 Å². The van der Waals surface area contributed by atoms with E-state index in [0.29, 0.717) is 0 Å². The first-order valence-electron chi connectivity index (χ1n) is 7.37. The molecule has 0 spiro atoms. The van der Waals surface area contributed by atoms with Crippen molar-refractivity contribution in [3.05, 3.63) is 0 Å². The minimum Gasteiger partial charge on any atom is -0.363 e. The van der Waals surface area contributed by atoms with Crippen LogP contribution in [0.5, 0.6) is 0 Å². The van der Waals surface area contributed by atoms with Gasteiger partial charge in [-0.25, -0.2) is 0 Å². The van der Waals surface area contributed by atoms with Gasteiger partial charge in [0.05, 0.1) is 5.60 Å². The molecular formula is C14H27N3O2. The Hall–Kier alpha value is -0.650. The van der Waals surface area contributed by atoms with Crippen LogP contribution in [0.1, 0.15) is 26.2 Å². The third-order valence-corrected chi connectivity index (χ3v) is 4.26. The Morgan fingerprint density at radius 2 is 2.11 bits per heavy atom. The highest BCUT2D eigenvalue weighted by Gasteiger charge is 2.32. The lowest BCUT2D eigenvalue weighted by molar-refractivity contribution is -0.135. The second kappa shape index (κ2) is 6.68. The van der Waals surface area contributed by atoms with Gasteiger partial charge in [-0.2, -0.15) is 0 Å². The van der Waals surface area contributed by atoms with Gasteiger partial charge in [0.1, 0.15) is 6.61 Å². The van der Waals surface area contributed by atoms with Crippen LogP contribution in [0.2, 0.25) is 0 Å². The summed E-state index contributed by atoms with van der Waals surface area (Å²) in [6, 6.07) is 0. The summed E-state index contributed by atoms with van der Waals surface area (Å²) < 4.78 is 5.60. The highest BCUT2D eigenvalue weighted by atomic mass is 16.5. The smallest absolute Gasteiger partial charge is 0.246 e. The molecule has 1 amide bonds. The molecule has 0 aromatic heterocycles. The van der Waals surface area contributed by atoms with Gasteiger partial charge in [-0.1, -0.05) is 0 Å². The van der Waals surface area contributed by atoms with Gasteiger partial charge in [-0.3, -0.25) is 4.79 Å². The zero-order chi connectivity index (χ0) is 13.7. The molecular weight excluding hydrogens is 242 g/mol. The standard InChI is InChI=1S/C14H27N3O2/c1-14(10-15-11-14)19-9-13(18)16-6-3-12-4-7-17(2)8-5-12/h12,15H,3-11H2,1-2H3,(H,16,18). The van der Waals surface area contributed by atoms with Gasteiger partial charge in [0.25, 0.3) is 0 Å². The average Bonchev–Trinajstić information content (AvgIpc) is 2.36. The summed E-state index contributed by atoms with van der Waals surface area (Å²) >= 11 is 0. The number of carbonyl (C=O) groups is 1. The second-order valence-electron chi connectivity index (χ2n) is 6.23. The van der Waals surface area contributed by atoms with E-state index < -0.39 is 0 Å². The molecule has 0 saturated carbocycles. The Bertz CT molecular complexity index is 297. The zero-order valence-electron chi connectivity index (χ0n) is 12.2. The molecule has 0 atom stereocenters. The Balaban J connectivity index is 1.51. The van der Waals surface area contributed by atoms with Crippen LogP contribution >= 0.6 is 0 Å². The molecule has 2 rings (SSSR count). The first-order valence-corrected chi connectivity index (χ1v) is 7.37. The lowest BCUT2D eigenvalue weighted by Crippen LogP contribution is -2.59. The summed E-state index contributed by atoms with van der Waals surface area (Å²) in [5.74, 6) is 0.784. The van der Waals surface area contributed by atoms with Crippen molar-refractivity contribution in [3.8, 4) is 0 Å². The number of hydrogen-bond donors (Lipinski definition) is 2. The van der Waals surface area contributed by atoms with Gasteiger partial charge in [0, 0.05) is 19.6 Å². The number of piperidine rings is 1. The molecule has 2 fully saturated rings. The molecule has 2 saturated heterocycles. The third kappa shape index (κ3) is 4.75. The summed E-state index contributed by atoms with van der Waals surface area (Å²) in [7, 11) is 2.17. The van der Waals surface area contributed by atoms with Crippen LogP contribution < -0.4 is 10.6 Å². The molecule has 2 aliphatic rings. The van der Waals surface area contributed by atoms with E-state index in [-0.39, 0.29) is 18.1 Å². The number of ether oxygens (including phenoxy) is 1. The minimum atomic E-state index is -0.134. The lowest BCUT2D eigenvalue weighted by Gasteiger charge is -2.38. The predicted molar refractivity (Wildman–Crippen MR) is 75.1 cm³/mol. The Labute approximate surface area is 116 Å². The molecule has 0 bridgehead atoms. The fraction of sp³-hybridized carbons (Fsp3) is 0.929. The number of nitrogens with zero attached hydrogens (tertiary/aromatic N) is 1. The van der Waals surface area contributed by atoms with Crippen molar-refractivity contribution < 1.29 is 9.53 Å². The van der Waals surface area contributed by atoms with E-state index >= 15 is 0 Å². The lowest BCUT2D eigenvalue weighted by atomic mass is 9.94. The maximum absolute atomic E-state index is 11.7. The van der Waals surface area contributed by atoms with E-state index in [2.05, 4.69) is 22.6 Å². The number of carbonyl (C=O) groups excluding carboxylic acids is 1.